The zero-order chi connectivity index (χ0) is 78.7. The normalized spacial score (nSPS) is 24.1. The number of phenols is 1. The summed E-state index contributed by atoms with van der Waals surface area (Å²) in [7, 11) is 0. The fraction of sp³-hybridized carbons (Fsp3) is 0.388. The van der Waals surface area contributed by atoms with Crippen molar-refractivity contribution < 1.29 is 127 Å². The third-order valence-electron chi connectivity index (χ3n) is 16.8. The molecule has 0 radical (unpaired) electrons. The van der Waals surface area contributed by atoms with Crippen molar-refractivity contribution in [2.75, 3.05) is 13.2 Å². The van der Waals surface area contributed by atoms with Gasteiger partial charge in [0.2, 0.25) is 65.0 Å². The SMILES string of the molecule is CCC[C@H]1O[C@@H]1C(=O)N[C@@H](CO)C(=O)N[C@@H]1C(=O)N[C@H](Cc2c[nH]c3ccccc23)C(=O)N[C@@H](CC(=O)O)C(=O)N[C@@H](CC(=O)O)C(=O)N[C@H](c2ccc(O)cc2)C(=O)N[C@@H](CC(=O)O)C(=O)NCC(=O)N[C@@H]([C@H](O)C(N)=O)C(=O)N[C@@H]([C@H](C)CC(=O)O)C(=O)N/C(=C\c2c[nH]c3ccccc23)C(=O)O[C@@H]1C. The number of aliphatic carboxylic acids is 4. The Balaban J connectivity index is 1.39. The van der Waals surface area contributed by atoms with Gasteiger partial charge in [0.25, 0.3) is 5.91 Å². The van der Waals surface area contributed by atoms with E-state index in [0.717, 1.165) is 44.2 Å². The van der Waals surface area contributed by atoms with Crippen LogP contribution in [0.2, 0.25) is 0 Å². The number of epoxide rings is 1. The van der Waals surface area contributed by atoms with Crippen molar-refractivity contribution in [3.05, 3.63) is 108 Å². The molecule has 107 heavy (non-hydrogen) atoms. The average Bonchev–Trinajstić information content (AvgIpc) is 1.78. The summed E-state index contributed by atoms with van der Waals surface area (Å²) < 4.78 is 11.3. The third kappa shape index (κ3) is 22.6. The van der Waals surface area contributed by atoms with Crippen molar-refractivity contribution in [1.29, 1.82) is 0 Å². The maximum atomic E-state index is 15.3. The Hall–Kier alpha value is -12.9. The number of carboxylic acid groups (broad SMARTS) is 4. The quantitative estimate of drug-likeness (QED) is 0.0175. The number of hydrogen-bond acceptors (Lipinski definition) is 22. The van der Waals surface area contributed by atoms with Crippen LogP contribution in [0.5, 0.6) is 5.75 Å². The largest absolute Gasteiger partial charge is 0.508 e. The number of para-hydroxylation sites is 2. The number of aliphatic hydroxyl groups is 2. The number of rotatable bonds is 22. The average molecular weight is 1500 g/mol. The first-order valence-corrected chi connectivity index (χ1v) is 32.9. The molecule has 7 rings (SSSR count). The summed E-state index contributed by atoms with van der Waals surface area (Å²) in [6.07, 6.45) is -7.46. The highest BCUT2D eigenvalue weighted by atomic mass is 16.6. The summed E-state index contributed by atoms with van der Waals surface area (Å²) >= 11 is 0. The zero-order valence-corrected chi connectivity index (χ0v) is 57.1. The first kappa shape index (κ1) is 81.4. The number of nitrogens with one attached hydrogen (secondary N) is 13. The number of aromatic amines is 2. The number of carbonyl (C=O) groups excluding carboxylic acids is 13. The van der Waals surface area contributed by atoms with Crippen molar-refractivity contribution in [3.63, 3.8) is 0 Å². The van der Waals surface area contributed by atoms with E-state index in [-0.39, 0.29) is 16.7 Å². The summed E-state index contributed by atoms with van der Waals surface area (Å²) in [6, 6.07) is -3.50. The topological polar surface area (TPSA) is 643 Å². The van der Waals surface area contributed by atoms with Crippen LogP contribution in [0.15, 0.2) is 90.9 Å². The van der Waals surface area contributed by atoms with E-state index in [4.69, 9.17) is 15.2 Å². The number of cyclic esters (lactones) is 1. The molecule has 2 aliphatic rings. The second-order valence-corrected chi connectivity index (χ2v) is 24.9. The number of carboxylic acids is 4. The lowest BCUT2D eigenvalue weighted by molar-refractivity contribution is -0.150. The van der Waals surface area contributed by atoms with Crippen LogP contribution in [0, 0.1) is 5.92 Å². The lowest BCUT2D eigenvalue weighted by Gasteiger charge is -2.29. The Bertz CT molecular complexity index is 4290. The highest BCUT2D eigenvalue weighted by Crippen LogP contribution is 2.28. The summed E-state index contributed by atoms with van der Waals surface area (Å²) in [5.74, 6) is -28.5. The van der Waals surface area contributed by atoms with Gasteiger partial charge in [-0.1, -0.05) is 68.8 Å². The second kappa shape index (κ2) is 37.0. The molecule has 572 valence electrons. The van der Waals surface area contributed by atoms with Gasteiger partial charge in [-0.2, -0.15) is 0 Å². The fourth-order valence-electron chi connectivity index (χ4n) is 11.2. The Morgan fingerprint density at radius 1 is 0.636 bits per heavy atom. The monoisotopic (exact) mass is 1490 g/mol. The van der Waals surface area contributed by atoms with Gasteiger partial charge in [0.15, 0.2) is 12.2 Å². The number of phenolic OH excluding ortho intramolecular Hbond substituents is 1. The molecule has 5 aromatic rings. The van der Waals surface area contributed by atoms with Gasteiger partial charge in [-0.3, -0.25) is 76.7 Å². The fourth-order valence-corrected chi connectivity index (χ4v) is 11.2. The molecule has 12 amide bonds. The van der Waals surface area contributed by atoms with Gasteiger partial charge in [0, 0.05) is 46.2 Å². The molecule has 2 fully saturated rings. The van der Waals surface area contributed by atoms with Gasteiger partial charge in [-0.25, -0.2) is 4.79 Å². The van der Waals surface area contributed by atoms with Gasteiger partial charge in [-0.15, -0.1) is 0 Å². The van der Waals surface area contributed by atoms with Gasteiger partial charge >= 0.3 is 29.8 Å². The highest BCUT2D eigenvalue weighted by molar-refractivity contribution is 6.05. The number of hydrogen-bond donors (Lipinski definition) is 21. The minimum atomic E-state index is -2.74. The van der Waals surface area contributed by atoms with E-state index in [1.54, 1.807) is 55.5 Å². The molecule has 0 aliphatic carbocycles. The van der Waals surface area contributed by atoms with E-state index < -0.39 is 242 Å². The highest BCUT2D eigenvalue weighted by Gasteiger charge is 2.46. The number of ether oxygens (including phenoxy) is 2. The van der Waals surface area contributed by atoms with E-state index in [0.29, 0.717) is 34.6 Å². The molecule has 3 aromatic carbocycles. The lowest BCUT2D eigenvalue weighted by atomic mass is 9.96. The first-order valence-electron chi connectivity index (χ1n) is 32.9. The molecule has 40 heteroatoms. The molecule has 2 aromatic heterocycles. The minimum absolute atomic E-state index is 0.0911. The van der Waals surface area contributed by atoms with Crippen LogP contribution in [0.25, 0.3) is 27.9 Å². The van der Waals surface area contributed by atoms with E-state index in [9.17, 15) is 103 Å². The predicted octanol–water partition coefficient (Wildman–Crippen LogP) is -5.21. The molecule has 0 saturated carbocycles. The van der Waals surface area contributed by atoms with Crippen LogP contribution in [0.3, 0.4) is 0 Å². The summed E-state index contributed by atoms with van der Waals surface area (Å²) in [4.78, 5) is 241. The Labute approximate surface area is 604 Å². The van der Waals surface area contributed by atoms with Crippen LogP contribution >= 0.6 is 0 Å². The van der Waals surface area contributed by atoms with Crippen LogP contribution in [-0.2, 0) is 97.4 Å². The molecule has 0 unspecified atom stereocenters. The number of nitrogens with two attached hydrogens (primary N) is 1. The second-order valence-electron chi connectivity index (χ2n) is 24.9. The summed E-state index contributed by atoms with van der Waals surface area (Å²) in [6.45, 7) is 1.38. The molecule has 14 atom stereocenters. The standard InChI is InChI=1S/C67H78N14O26/c1-4-9-44-55(107-44)66(104)77-43(27-82)61(99)80-51-29(3)106-67(105)42(20-32-25-70-37-13-8-6-11-35(32)37)76-62(100)50(28(2)18-46(85)86)79-65(103)53(54(93)56(68)94)78-45(84)26-71-57(95)39(21-47(87)88)75-64(102)52(30-14-16-33(83)17-15-30)81-60(98)41(23-49(91)92)73-59(97)40(22-48(89)90)72-58(96)38(74-63(51)101)19-31-24-69-36-12-7-5-10-34(31)36/h5-8,10-17,20,24-25,28-29,38-41,43-44,50-55,69-70,82-83,93H,4,9,18-19,21-23,26-27H2,1-3H3,(H2,68,94)(H,71,95)(H,72,96)(H,73,97)(H,74,101)(H,75,102)(H,76,100)(H,77,104)(H,78,84)(H,79,103)(H,80,99)(H,81,98)(H,85,86)(H,87,88)(H,89,90)(H,91,92)/b42-20-/t28-,29-,38-,39+,40+,41+,43+,44-,50+,51+,52-,53+,54+,55+/m1/s1. The Morgan fingerprint density at radius 2 is 1.19 bits per heavy atom. The number of amides is 12. The van der Waals surface area contributed by atoms with E-state index in [1.807, 2.05) is 21.3 Å². The predicted molar refractivity (Wildman–Crippen MR) is 363 cm³/mol. The molecular weight excluding hydrogens is 1420 g/mol. The number of primary amides is 1. The molecule has 0 spiro atoms. The molecule has 2 saturated heterocycles. The summed E-state index contributed by atoms with van der Waals surface area (Å²) in [5.41, 5.74) is 5.33. The van der Waals surface area contributed by atoms with Crippen molar-refractivity contribution in [1.82, 2.24) is 68.5 Å². The van der Waals surface area contributed by atoms with E-state index >= 15 is 14.4 Å². The van der Waals surface area contributed by atoms with Crippen LogP contribution in [0.1, 0.15) is 82.0 Å². The number of fused-ring (bicyclic) bond motifs is 2. The number of carbonyl (C=O) groups is 17. The van der Waals surface area contributed by atoms with Gasteiger partial charge in [-0.05, 0) is 60.7 Å². The number of esters is 1. The molecule has 22 N–H and O–H groups in total. The van der Waals surface area contributed by atoms with Crippen molar-refractivity contribution >= 4 is 129 Å². The van der Waals surface area contributed by atoms with Crippen molar-refractivity contribution in [2.24, 2.45) is 11.7 Å². The maximum absolute atomic E-state index is 15.3. The zero-order valence-electron chi connectivity index (χ0n) is 57.1. The molecular formula is C67H78N14O26. The smallest absolute Gasteiger partial charge is 0.355 e. The number of aromatic nitrogens is 2. The maximum Gasteiger partial charge on any atom is 0.355 e. The summed E-state index contributed by atoms with van der Waals surface area (Å²) in [5, 5.41) is 96.2. The molecule has 0 bridgehead atoms. The lowest BCUT2D eigenvalue weighted by Crippen LogP contribution is -2.62. The van der Waals surface area contributed by atoms with Gasteiger partial charge in [0.1, 0.15) is 71.9 Å². The van der Waals surface area contributed by atoms with Crippen LogP contribution < -0.4 is 64.2 Å². The molecule has 40 nitrogen and oxygen atoms in total. The minimum Gasteiger partial charge on any atom is -0.508 e. The van der Waals surface area contributed by atoms with Gasteiger partial charge in [0.05, 0.1) is 44.9 Å². The molecule has 2 aliphatic heterocycles. The number of H-pyrrole nitrogens is 2. The van der Waals surface area contributed by atoms with Gasteiger partial charge < -0.3 is 119 Å². The Morgan fingerprint density at radius 3 is 1.78 bits per heavy atom. The first-order chi connectivity index (χ1) is 50.7. The van der Waals surface area contributed by atoms with Crippen LogP contribution in [0.4, 0.5) is 0 Å². The number of benzene rings is 3. The molecule has 4 heterocycles. The Kier molecular flexibility index (Phi) is 28.2. The van der Waals surface area contributed by atoms with E-state index in [1.165, 1.54) is 12.4 Å². The van der Waals surface area contributed by atoms with Crippen molar-refractivity contribution in [3.8, 4) is 5.75 Å². The van der Waals surface area contributed by atoms with Crippen LogP contribution in [-0.4, -0.2) is 232 Å². The number of aromatic hydroxyl groups is 1. The third-order valence-corrected chi connectivity index (χ3v) is 16.8. The van der Waals surface area contributed by atoms with Crippen molar-refractivity contribution in [2.45, 2.75) is 145 Å². The van der Waals surface area contributed by atoms with E-state index in [2.05, 4.69) is 47.2 Å². The number of aliphatic hydroxyl groups excluding tert-OH is 2.